The average molecular weight is 257 g/mol. The van der Waals surface area contributed by atoms with Crippen molar-refractivity contribution in [2.24, 2.45) is 17.6 Å². The Kier molecular flexibility index (Phi) is 8.64. The summed E-state index contributed by atoms with van der Waals surface area (Å²) in [4.78, 5) is 0. The van der Waals surface area contributed by atoms with Gasteiger partial charge in [0.25, 0.3) is 0 Å². The maximum Gasteiger partial charge on any atom is 0.0704 e. The minimum Gasteiger partial charge on any atom is -0.379 e. The number of nitrogens with two attached hydrogens (primary N) is 1. The Morgan fingerprint density at radius 3 is 2.61 bits per heavy atom. The molecule has 1 fully saturated rings. The first kappa shape index (κ1) is 15.9. The van der Waals surface area contributed by atoms with Crippen LogP contribution in [0, 0.1) is 11.8 Å². The molecule has 0 aromatic rings. The Balaban J connectivity index is 2.16. The lowest BCUT2D eigenvalue weighted by Crippen LogP contribution is -2.36. The maximum atomic E-state index is 5.99. The summed E-state index contributed by atoms with van der Waals surface area (Å²) < 4.78 is 11.5. The standard InChI is InChI=1S/C15H31NO2/c1-3-5-8-17-9-10-18-15-11-13(4-2)6-7-14(15)12-16/h13-15H,3-12,16H2,1-2H3. The van der Waals surface area contributed by atoms with Gasteiger partial charge >= 0.3 is 0 Å². The molecule has 0 spiro atoms. The van der Waals surface area contributed by atoms with Crippen LogP contribution in [0.2, 0.25) is 0 Å². The summed E-state index contributed by atoms with van der Waals surface area (Å²) in [5.41, 5.74) is 5.84. The van der Waals surface area contributed by atoms with E-state index in [-0.39, 0.29) is 0 Å². The Morgan fingerprint density at radius 2 is 1.94 bits per heavy atom. The largest absolute Gasteiger partial charge is 0.379 e. The summed E-state index contributed by atoms with van der Waals surface area (Å²) >= 11 is 0. The smallest absolute Gasteiger partial charge is 0.0704 e. The van der Waals surface area contributed by atoms with Crippen LogP contribution in [0.1, 0.15) is 52.4 Å². The van der Waals surface area contributed by atoms with Crippen molar-refractivity contribution in [1.82, 2.24) is 0 Å². The Morgan fingerprint density at radius 1 is 1.11 bits per heavy atom. The van der Waals surface area contributed by atoms with Crippen LogP contribution < -0.4 is 5.73 Å². The molecule has 0 aliphatic heterocycles. The lowest BCUT2D eigenvalue weighted by molar-refractivity contribution is -0.0470. The van der Waals surface area contributed by atoms with Crippen molar-refractivity contribution in [2.45, 2.75) is 58.5 Å². The van der Waals surface area contributed by atoms with E-state index in [0.717, 1.165) is 38.7 Å². The van der Waals surface area contributed by atoms with E-state index >= 15 is 0 Å². The van der Waals surface area contributed by atoms with E-state index < -0.39 is 0 Å². The highest BCUT2D eigenvalue weighted by molar-refractivity contribution is 4.81. The molecule has 0 aromatic heterocycles. The molecular formula is C15H31NO2. The van der Waals surface area contributed by atoms with E-state index in [1.165, 1.54) is 32.1 Å². The number of hydrogen-bond acceptors (Lipinski definition) is 3. The van der Waals surface area contributed by atoms with Crippen LogP contribution in [-0.4, -0.2) is 32.5 Å². The first-order valence-corrected chi connectivity index (χ1v) is 7.71. The number of unbranched alkanes of at least 4 members (excludes halogenated alkanes) is 1. The molecule has 0 bridgehead atoms. The molecule has 0 amide bonds. The van der Waals surface area contributed by atoms with Crippen molar-refractivity contribution in [3.63, 3.8) is 0 Å². The zero-order chi connectivity index (χ0) is 13.2. The topological polar surface area (TPSA) is 44.5 Å². The van der Waals surface area contributed by atoms with Gasteiger partial charge in [-0.2, -0.15) is 0 Å². The van der Waals surface area contributed by atoms with E-state index in [1.54, 1.807) is 0 Å². The first-order valence-electron chi connectivity index (χ1n) is 7.71. The summed E-state index contributed by atoms with van der Waals surface area (Å²) in [6.07, 6.45) is 7.71. The molecule has 0 radical (unpaired) electrons. The van der Waals surface area contributed by atoms with Gasteiger partial charge in [-0.25, -0.2) is 0 Å². The molecule has 1 aliphatic rings. The lowest BCUT2D eigenvalue weighted by atomic mass is 9.78. The summed E-state index contributed by atoms with van der Waals surface area (Å²) in [5.74, 6) is 1.39. The summed E-state index contributed by atoms with van der Waals surface area (Å²) in [5, 5.41) is 0. The van der Waals surface area contributed by atoms with Crippen molar-refractivity contribution in [3.05, 3.63) is 0 Å². The second-order valence-corrected chi connectivity index (χ2v) is 5.46. The molecule has 1 aliphatic carbocycles. The van der Waals surface area contributed by atoms with E-state index in [4.69, 9.17) is 15.2 Å². The fourth-order valence-electron chi connectivity index (χ4n) is 2.73. The molecule has 1 saturated carbocycles. The highest BCUT2D eigenvalue weighted by Gasteiger charge is 2.29. The number of ether oxygens (including phenoxy) is 2. The van der Waals surface area contributed by atoms with Crippen molar-refractivity contribution < 1.29 is 9.47 Å². The van der Waals surface area contributed by atoms with E-state index in [0.29, 0.717) is 12.0 Å². The predicted octanol–water partition coefficient (Wildman–Crippen LogP) is 2.97. The first-order chi connectivity index (χ1) is 8.81. The molecule has 1 rings (SSSR count). The van der Waals surface area contributed by atoms with Crippen LogP contribution in [0.5, 0.6) is 0 Å². The molecule has 3 heteroatoms. The minimum atomic E-state index is 0.364. The van der Waals surface area contributed by atoms with Crippen LogP contribution >= 0.6 is 0 Å². The fraction of sp³-hybridized carbons (Fsp3) is 1.00. The monoisotopic (exact) mass is 257 g/mol. The number of rotatable bonds is 9. The summed E-state index contributed by atoms with van der Waals surface area (Å²) in [7, 11) is 0. The Labute approximate surface area is 112 Å². The Bertz CT molecular complexity index is 199. The normalized spacial score (nSPS) is 28.5. The lowest BCUT2D eigenvalue weighted by Gasteiger charge is -2.35. The Hall–Kier alpha value is -0.120. The van der Waals surface area contributed by atoms with Crippen LogP contribution in [0.4, 0.5) is 0 Å². The van der Waals surface area contributed by atoms with Crippen LogP contribution in [0.15, 0.2) is 0 Å². The van der Waals surface area contributed by atoms with Gasteiger partial charge in [-0.1, -0.05) is 26.7 Å². The van der Waals surface area contributed by atoms with Gasteiger partial charge in [0.1, 0.15) is 0 Å². The maximum absolute atomic E-state index is 5.99. The third kappa shape index (κ3) is 5.68. The highest BCUT2D eigenvalue weighted by Crippen LogP contribution is 2.32. The van der Waals surface area contributed by atoms with Gasteiger partial charge < -0.3 is 15.2 Å². The number of hydrogen-bond donors (Lipinski definition) is 1. The van der Waals surface area contributed by atoms with Gasteiger partial charge in [0.05, 0.1) is 19.3 Å². The second-order valence-electron chi connectivity index (χ2n) is 5.46. The molecular weight excluding hydrogens is 226 g/mol. The van der Waals surface area contributed by atoms with Crippen LogP contribution in [0.3, 0.4) is 0 Å². The van der Waals surface area contributed by atoms with Crippen molar-refractivity contribution in [1.29, 1.82) is 0 Å². The molecule has 2 N–H and O–H groups in total. The third-order valence-electron chi connectivity index (χ3n) is 4.12. The zero-order valence-corrected chi connectivity index (χ0v) is 12.2. The van der Waals surface area contributed by atoms with Crippen molar-refractivity contribution >= 4 is 0 Å². The van der Waals surface area contributed by atoms with Gasteiger partial charge in [-0.3, -0.25) is 0 Å². The average Bonchev–Trinajstić information content (AvgIpc) is 2.42. The van der Waals surface area contributed by atoms with Crippen LogP contribution in [0.25, 0.3) is 0 Å². The van der Waals surface area contributed by atoms with Crippen molar-refractivity contribution in [2.75, 3.05) is 26.4 Å². The van der Waals surface area contributed by atoms with Gasteiger partial charge in [-0.05, 0) is 44.1 Å². The summed E-state index contributed by atoms with van der Waals surface area (Å²) in [6, 6.07) is 0. The van der Waals surface area contributed by atoms with Crippen LogP contribution in [-0.2, 0) is 9.47 Å². The predicted molar refractivity (Wildman–Crippen MR) is 75.6 cm³/mol. The van der Waals surface area contributed by atoms with Gasteiger partial charge in [0.2, 0.25) is 0 Å². The molecule has 18 heavy (non-hydrogen) atoms. The molecule has 0 aromatic carbocycles. The molecule has 3 atom stereocenters. The zero-order valence-electron chi connectivity index (χ0n) is 12.2. The summed E-state index contributed by atoms with van der Waals surface area (Å²) in [6.45, 7) is 7.53. The molecule has 0 saturated heterocycles. The third-order valence-corrected chi connectivity index (χ3v) is 4.12. The SMILES string of the molecule is CCCCOCCOC1CC(CC)CCC1CN. The van der Waals surface area contributed by atoms with Gasteiger partial charge in [-0.15, -0.1) is 0 Å². The molecule has 108 valence electrons. The van der Waals surface area contributed by atoms with E-state index in [1.807, 2.05) is 0 Å². The highest BCUT2D eigenvalue weighted by atomic mass is 16.5. The van der Waals surface area contributed by atoms with Gasteiger partial charge in [0.15, 0.2) is 0 Å². The fourth-order valence-corrected chi connectivity index (χ4v) is 2.73. The molecule has 3 unspecified atom stereocenters. The second kappa shape index (κ2) is 9.76. The minimum absolute atomic E-state index is 0.364. The molecule has 3 nitrogen and oxygen atoms in total. The quantitative estimate of drug-likeness (QED) is 0.646. The van der Waals surface area contributed by atoms with Gasteiger partial charge in [0, 0.05) is 6.61 Å². The molecule has 0 heterocycles. The van der Waals surface area contributed by atoms with E-state index in [9.17, 15) is 0 Å². The van der Waals surface area contributed by atoms with Crippen molar-refractivity contribution in [3.8, 4) is 0 Å². The van der Waals surface area contributed by atoms with E-state index in [2.05, 4.69) is 13.8 Å².